The topological polar surface area (TPSA) is 75.5 Å². The maximum Gasteiger partial charge on any atom is 0.391 e. The SMILES string of the molecule is CN(C)c1ccc([N+](=O)[O-])cc1C(=O)N[C@H]1CC[C@H](C(F)(F)F)CC1. The van der Waals surface area contributed by atoms with Crippen LogP contribution in [0.4, 0.5) is 24.5 Å². The fourth-order valence-electron chi connectivity index (χ4n) is 3.04. The Kier molecular flexibility index (Phi) is 5.54. The molecular weight excluding hydrogens is 339 g/mol. The molecule has 0 atom stereocenters. The van der Waals surface area contributed by atoms with Crippen molar-refractivity contribution in [3.05, 3.63) is 33.9 Å². The molecule has 1 aromatic rings. The molecule has 138 valence electrons. The first kappa shape index (κ1) is 19.0. The third kappa shape index (κ3) is 4.61. The number of amides is 1. The van der Waals surface area contributed by atoms with E-state index in [9.17, 15) is 28.1 Å². The molecule has 0 bridgehead atoms. The minimum Gasteiger partial charge on any atom is -0.377 e. The minimum absolute atomic E-state index is 0.0239. The van der Waals surface area contributed by atoms with Gasteiger partial charge in [-0.3, -0.25) is 14.9 Å². The summed E-state index contributed by atoms with van der Waals surface area (Å²) in [7, 11) is 3.40. The predicted molar refractivity (Wildman–Crippen MR) is 86.7 cm³/mol. The molecule has 1 amide bonds. The summed E-state index contributed by atoms with van der Waals surface area (Å²) in [5.41, 5.74) is 0.431. The van der Waals surface area contributed by atoms with Crippen molar-refractivity contribution in [3.8, 4) is 0 Å². The Morgan fingerprint density at radius 2 is 1.84 bits per heavy atom. The number of hydrogen-bond acceptors (Lipinski definition) is 4. The van der Waals surface area contributed by atoms with Crippen LogP contribution in [0.2, 0.25) is 0 Å². The highest BCUT2D eigenvalue weighted by Gasteiger charge is 2.41. The van der Waals surface area contributed by atoms with Crippen molar-refractivity contribution in [3.63, 3.8) is 0 Å². The third-order valence-electron chi connectivity index (χ3n) is 4.44. The molecule has 1 fully saturated rings. The maximum absolute atomic E-state index is 12.7. The van der Waals surface area contributed by atoms with E-state index in [-0.39, 0.29) is 43.0 Å². The Morgan fingerprint density at radius 1 is 1.24 bits per heavy atom. The number of benzene rings is 1. The molecule has 2 rings (SSSR count). The average Bonchev–Trinajstić information content (AvgIpc) is 2.53. The van der Waals surface area contributed by atoms with Gasteiger partial charge in [0.15, 0.2) is 0 Å². The van der Waals surface area contributed by atoms with Crippen molar-refractivity contribution in [1.82, 2.24) is 5.32 Å². The lowest BCUT2D eigenvalue weighted by atomic mass is 9.85. The summed E-state index contributed by atoms with van der Waals surface area (Å²) in [6.07, 6.45) is -3.77. The van der Waals surface area contributed by atoms with E-state index in [1.807, 2.05) is 0 Å². The maximum atomic E-state index is 12.7. The Morgan fingerprint density at radius 3 is 2.32 bits per heavy atom. The van der Waals surface area contributed by atoms with Crippen LogP contribution in [0.1, 0.15) is 36.0 Å². The van der Waals surface area contributed by atoms with Crippen LogP contribution < -0.4 is 10.2 Å². The number of anilines is 1. The highest BCUT2D eigenvalue weighted by Crippen LogP contribution is 2.37. The number of hydrogen-bond donors (Lipinski definition) is 1. The van der Waals surface area contributed by atoms with Crippen molar-refractivity contribution >= 4 is 17.3 Å². The lowest BCUT2D eigenvalue weighted by Gasteiger charge is -2.30. The third-order valence-corrected chi connectivity index (χ3v) is 4.44. The molecule has 6 nitrogen and oxygen atoms in total. The molecule has 0 saturated heterocycles. The van der Waals surface area contributed by atoms with Gasteiger partial charge >= 0.3 is 6.18 Å². The second kappa shape index (κ2) is 7.28. The van der Waals surface area contributed by atoms with Crippen molar-refractivity contribution in [2.75, 3.05) is 19.0 Å². The molecular formula is C16H20F3N3O3. The highest BCUT2D eigenvalue weighted by atomic mass is 19.4. The number of nitrogens with one attached hydrogen (secondary N) is 1. The largest absolute Gasteiger partial charge is 0.391 e. The summed E-state index contributed by atoms with van der Waals surface area (Å²) in [6, 6.07) is 3.61. The van der Waals surface area contributed by atoms with Gasteiger partial charge in [0.1, 0.15) is 0 Å². The molecule has 0 spiro atoms. The second-order valence-electron chi connectivity index (χ2n) is 6.42. The smallest absolute Gasteiger partial charge is 0.377 e. The first-order valence-electron chi connectivity index (χ1n) is 7.93. The average molecular weight is 359 g/mol. The Hall–Kier alpha value is -2.32. The number of halogens is 3. The molecule has 1 N–H and O–H groups in total. The zero-order chi connectivity index (χ0) is 18.8. The number of nitrogens with zero attached hydrogens (tertiary/aromatic N) is 2. The van der Waals surface area contributed by atoms with Crippen LogP contribution in [-0.2, 0) is 0 Å². The summed E-state index contributed by atoms with van der Waals surface area (Å²) in [4.78, 5) is 24.5. The molecule has 0 radical (unpaired) electrons. The Balaban J connectivity index is 2.11. The van der Waals surface area contributed by atoms with Gasteiger partial charge in [0, 0.05) is 38.0 Å². The fourth-order valence-corrected chi connectivity index (χ4v) is 3.04. The lowest BCUT2D eigenvalue weighted by molar-refractivity contribution is -0.384. The van der Waals surface area contributed by atoms with E-state index in [0.717, 1.165) is 0 Å². The van der Waals surface area contributed by atoms with E-state index in [2.05, 4.69) is 5.32 Å². The standard InChI is InChI=1S/C16H20F3N3O3/c1-21(2)14-8-7-12(22(24)25)9-13(14)15(23)20-11-5-3-10(4-6-11)16(17,18)19/h7-11H,3-6H2,1-2H3,(H,20,23)/t10-,11-. The van der Waals surface area contributed by atoms with E-state index in [0.29, 0.717) is 5.69 Å². The Bertz CT molecular complexity index is 654. The quantitative estimate of drug-likeness (QED) is 0.659. The summed E-state index contributed by atoms with van der Waals surface area (Å²) in [5, 5.41) is 13.6. The first-order valence-corrected chi connectivity index (χ1v) is 7.93. The number of carbonyl (C=O) groups is 1. The molecule has 0 heterocycles. The number of alkyl halides is 3. The second-order valence-corrected chi connectivity index (χ2v) is 6.42. The van der Waals surface area contributed by atoms with Crippen molar-refractivity contribution in [2.24, 2.45) is 5.92 Å². The summed E-state index contributed by atoms with van der Waals surface area (Å²) in [6.45, 7) is 0. The zero-order valence-corrected chi connectivity index (χ0v) is 14.0. The van der Waals surface area contributed by atoms with Crippen LogP contribution >= 0.6 is 0 Å². The van der Waals surface area contributed by atoms with Crippen molar-refractivity contribution < 1.29 is 22.9 Å². The first-order chi connectivity index (χ1) is 11.6. The number of nitro groups is 1. The fraction of sp³-hybridized carbons (Fsp3) is 0.562. The monoisotopic (exact) mass is 359 g/mol. The van der Waals surface area contributed by atoms with Gasteiger partial charge < -0.3 is 10.2 Å². The molecule has 0 unspecified atom stereocenters. The molecule has 1 aliphatic carbocycles. The number of carbonyl (C=O) groups excluding carboxylic acids is 1. The molecule has 25 heavy (non-hydrogen) atoms. The van der Waals surface area contributed by atoms with Gasteiger partial charge in [-0.05, 0) is 31.7 Å². The number of nitro benzene ring substituents is 1. The van der Waals surface area contributed by atoms with Gasteiger partial charge in [-0.2, -0.15) is 13.2 Å². The van der Waals surface area contributed by atoms with Crippen molar-refractivity contribution in [2.45, 2.75) is 37.9 Å². The molecule has 9 heteroatoms. The van der Waals surface area contributed by atoms with Gasteiger partial charge in [0.2, 0.25) is 0 Å². The normalized spacial score (nSPS) is 20.8. The molecule has 1 aliphatic rings. The van der Waals surface area contributed by atoms with E-state index in [1.165, 1.54) is 18.2 Å². The lowest BCUT2D eigenvalue weighted by Crippen LogP contribution is -2.40. The van der Waals surface area contributed by atoms with Crippen LogP contribution in [0.3, 0.4) is 0 Å². The van der Waals surface area contributed by atoms with Gasteiger partial charge in [-0.1, -0.05) is 0 Å². The van der Waals surface area contributed by atoms with E-state index < -0.39 is 22.9 Å². The van der Waals surface area contributed by atoms with Gasteiger partial charge in [0.25, 0.3) is 11.6 Å². The van der Waals surface area contributed by atoms with E-state index in [1.54, 1.807) is 19.0 Å². The minimum atomic E-state index is -4.20. The van der Waals surface area contributed by atoms with Crippen LogP contribution in [0, 0.1) is 16.0 Å². The number of non-ortho nitro benzene ring substituents is 1. The molecule has 0 aliphatic heterocycles. The van der Waals surface area contributed by atoms with Gasteiger partial charge in [-0.25, -0.2) is 0 Å². The zero-order valence-electron chi connectivity index (χ0n) is 14.0. The van der Waals surface area contributed by atoms with Crippen LogP contribution in [0.25, 0.3) is 0 Å². The van der Waals surface area contributed by atoms with Gasteiger partial charge in [0.05, 0.1) is 16.4 Å². The van der Waals surface area contributed by atoms with Crippen LogP contribution in [-0.4, -0.2) is 37.1 Å². The Labute approximate surface area is 143 Å². The summed E-state index contributed by atoms with van der Waals surface area (Å²) in [5.74, 6) is -1.83. The predicted octanol–water partition coefficient (Wildman–Crippen LogP) is 3.51. The number of rotatable bonds is 4. The highest BCUT2D eigenvalue weighted by molar-refractivity contribution is 6.00. The van der Waals surface area contributed by atoms with Crippen LogP contribution in [0.15, 0.2) is 18.2 Å². The molecule has 1 saturated carbocycles. The van der Waals surface area contributed by atoms with E-state index in [4.69, 9.17) is 0 Å². The molecule has 1 aromatic carbocycles. The van der Waals surface area contributed by atoms with E-state index >= 15 is 0 Å². The summed E-state index contributed by atoms with van der Waals surface area (Å²) < 4.78 is 38.1. The van der Waals surface area contributed by atoms with Crippen molar-refractivity contribution in [1.29, 1.82) is 0 Å². The summed E-state index contributed by atoms with van der Waals surface area (Å²) >= 11 is 0. The van der Waals surface area contributed by atoms with Gasteiger partial charge in [-0.15, -0.1) is 0 Å². The van der Waals surface area contributed by atoms with Crippen LogP contribution in [0.5, 0.6) is 0 Å². The molecule has 0 aromatic heterocycles.